The van der Waals surface area contributed by atoms with Crippen LogP contribution in [-0.4, -0.2) is 0 Å². The summed E-state index contributed by atoms with van der Waals surface area (Å²) in [4.78, 5) is 0. The number of rotatable bonds is 4. The van der Waals surface area contributed by atoms with Crippen molar-refractivity contribution in [2.45, 2.75) is 25.8 Å². The summed E-state index contributed by atoms with van der Waals surface area (Å²) in [6.45, 7) is 2.08. The van der Waals surface area contributed by atoms with Gasteiger partial charge in [-0.2, -0.15) is 0 Å². The van der Waals surface area contributed by atoms with Crippen molar-refractivity contribution in [2.75, 3.05) is 0 Å². The van der Waals surface area contributed by atoms with Crippen LogP contribution in [0.15, 0.2) is 36.4 Å². The number of halogens is 3. The van der Waals surface area contributed by atoms with Gasteiger partial charge in [0.25, 0.3) is 0 Å². The minimum absolute atomic E-state index is 0.0489. The van der Waals surface area contributed by atoms with Crippen molar-refractivity contribution in [3.63, 3.8) is 0 Å². The van der Waals surface area contributed by atoms with Crippen molar-refractivity contribution >= 4 is 0 Å². The predicted octanol–water partition coefficient (Wildman–Crippen LogP) is 4.10. The molecule has 0 radical (unpaired) electrons. The van der Waals surface area contributed by atoms with E-state index in [1.54, 1.807) is 12.1 Å². The zero-order valence-corrected chi connectivity index (χ0v) is 11.2. The van der Waals surface area contributed by atoms with Gasteiger partial charge < -0.3 is 5.73 Å². The normalized spacial score (nSPS) is 12.4. The molecule has 1 unspecified atom stereocenters. The van der Waals surface area contributed by atoms with Crippen LogP contribution in [0.25, 0.3) is 0 Å². The zero-order valence-electron chi connectivity index (χ0n) is 11.2. The Labute approximate surface area is 116 Å². The van der Waals surface area contributed by atoms with E-state index in [2.05, 4.69) is 6.92 Å². The first-order valence-electron chi connectivity index (χ1n) is 6.52. The van der Waals surface area contributed by atoms with Crippen molar-refractivity contribution in [2.24, 2.45) is 5.73 Å². The highest BCUT2D eigenvalue weighted by Crippen LogP contribution is 2.25. The molecule has 0 amide bonds. The zero-order chi connectivity index (χ0) is 14.7. The lowest BCUT2D eigenvalue weighted by Crippen LogP contribution is -2.15. The van der Waals surface area contributed by atoms with E-state index < -0.39 is 23.5 Å². The highest BCUT2D eigenvalue weighted by atomic mass is 19.2. The molecule has 0 bridgehead atoms. The molecule has 1 atom stereocenters. The lowest BCUT2D eigenvalue weighted by molar-refractivity contribution is 0.438. The fraction of sp³-hybridized carbons (Fsp3) is 0.250. The average Bonchev–Trinajstić information content (AvgIpc) is 2.45. The highest BCUT2D eigenvalue weighted by molar-refractivity contribution is 5.34. The van der Waals surface area contributed by atoms with E-state index in [9.17, 15) is 13.2 Å². The molecule has 0 aliphatic heterocycles. The van der Waals surface area contributed by atoms with Crippen molar-refractivity contribution in [1.29, 1.82) is 0 Å². The molecule has 2 aromatic rings. The Morgan fingerprint density at radius 2 is 1.60 bits per heavy atom. The number of aryl methyl sites for hydroxylation is 1. The molecule has 0 aliphatic carbocycles. The predicted molar refractivity (Wildman–Crippen MR) is 72.8 cm³/mol. The molecule has 1 nitrogen and oxygen atoms in total. The molecule has 2 rings (SSSR count). The standard InChI is InChI=1S/C16H16F3N/c1-2-3-10-4-6-11(7-5-10)16(20)12-8-9-13(17)15(19)14(12)18/h4-9,16H,2-3,20H2,1H3. The van der Waals surface area contributed by atoms with Gasteiger partial charge in [0, 0.05) is 5.56 Å². The molecule has 0 aliphatic rings. The van der Waals surface area contributed by atoms with Gasteiger partial charge in [0.15, 0.2) is 17.5 Å². The Bertz CT molecular complexity index is 593. The van der Waals surface area contributed by atoms with E-state index in [4.69, 9.17) is 5.73 Å². The SMILES string of the molecule is CCCc1ccc(C(N)c2ccc(F)c(F)c2F)cc1. The first kappa shape index (κ1) is 14.6. The second-order valence-corrected chi connectivity index (χ2v) is 4.73. The first-order chi connectivity index (χ1) is 9.54. The van der Waals surface area contributed by atoms with Crippen LogP contribution in [0.5, 0.6) is 0 Å². The first-order valence-corrected chi connectivity index (χ1v) is 6.52. The van der Waals surface area contributed by atoms with Gasteiger partial charge in [-0.15, -0.1) is 0 Å². The number of hydrogen-bond acceptors (Lipinski definition) is 1. The minimum atomic E-state index is -1.49. The molecule has 0 fully saturated rings. The van der Waals surface area contributed by atoms with Gasteiger partial charge in [-0.05, 0) is 23.6 Å². The van der Waals surface area contributed by atoms with Crippen LogP contribution >= 0.6 is 0 Å². The lowest BCUT2D eigenvalue weighted by Gasteiger charge is -2.14. The number of nitrogens with two attached hydrogens (primary N) is 1. The van der Waals surface area contributed by atoms with Crippen LogP contribution in [0.4, 0.5) is 13.2 Å². The van der Waals surface area contributed by atoms with E-state index >= 15 is 0 Å². The quantitative estimate of drug-likeness (QED) is 0.838. The van der Waals surface area contributed by atoms with Crippen LogP contribution in [0, 0.1) is 17.5 Å². The van der Waals surface area contributed by atoms with Gasteiger partial charge >= 0.3 is 0 Å². The van der Waals surface area contributed by atoms with Crippen LogP contribution < -0.4 is 5.73 Å². The summed E-state index contributed by atoms with van der Waals surface area (Å²) in [5.41, 5.74) is 7.71. The van der Waals surface area contributed by atoms with E-state index in [1.165, 1.54) is 6.07 Å². The third kappa shape index (κ3) is 2.85. The van der Waals surface area contributed by atoms with Crippen molar-refractivity contribution < 1.29 is 13.2 Å². The molecule has 0 spiro atoms. The Hall–Kier alpha value is -1.81. The molecule has 0 heterocycles. The molecule has 4 heteroatoms. The summed E-state index contributed by atoms with van der Waals surface area (Å²) < 4.78 is 39.8. The Balaban J connectivity index is 2.31. The molecule has 0 saturated heterocycles. The van der Waals surface area contributed by atoms with Gasteiger partial charge in [0.1, 0.15) is 0 Å². The molecular formula is C16H16F3N. The lowest BCUT2D eigenvalue weighted by atomic mass is 9.97. The fourth-order valence-corrected chi connectivity index (χ4v) is 2.14. The summed E-state index contributed by atoms with van der Waals surface area (Å²) >= 11 is 0. The largest absolute Gasteiger partial charge is 0.320 e. The van der Waals surface area contributed by atoms with Crippen LogP contribution in [0.1, 0.15) is 36.1 Å². The Morgan fingerprint density at radius 1 is 0.950 bits per heavy atom. The smallest absolute Gasteiger partial charge is 0.194 e. The molecular weight excluding hydrogens is 263 g/mol. The van der Waals surface area contributed by atoms with E-state index in [0.29, 0.717) is 5.56 Å². The van der Waals surface area contributed by atoms with Gasteiger partial charge in [-0.25, -0.2) is 13.2 Å². The van der Waals surface area contributed by atoms with Crippen molar-refractivity contribution in [3.8, 4) is 0 Å². The fourth-order valence-electron chi connectivity index (χ4n) is 2.14. The summed E-state index contributed by atoms with van der Waals surface area (Å²) in [6.07, 6.45) is 1.98. The third-order valence-electron chi connectivity index (χ3n) is 3.28. The maximum atomic E-state index is 13.7. The monoisotopic (exact) mass is 279 g/mol. The van der Waals surface area contributed by atoms with Gasteiger partial charge in [0.2, 0.25) is 0 Å². The van der Waals surface area contributed by atoms with E-state index in [-0.39, 0.29) is 5.56 Å². The second-order valence-electron chi connectivity index (χ2n) is 4.73. The third-order valence-corrected chi connectivity index (χ3v) is 3.28. The average molecular weight is 279 g/mol. The van der Waals surface area contributed by atoms with Crippen LogP contribution in [0.3, 0.4) is 0 Å². The van der Waals surface area contributed by atoms with Crippen molar-refractivity contribution in [3.05, 3.63) is 70.5 Å². The highest BCUT2D eigenvalue weighted by Gasteiger charge is 2.19. The Kier molecular flexibility index (Phi) is 4.45. The molecule has 2 N–H and O–H groups in total. The molecule has 0 aromatic heterocycles. The summed E-state index contributed by atoms with van der Waals surface area (Å²) in [5.74, 6) is -3.92. The minimum Gasteiger partial charge on any atom is -0.320 e. The summed E-state index contributed by atoms with van der Waals surface area (Å²) in [6, 6.07) is 8.65. The van der Waals surface area contributed by atoms with Gasteiger partial charge in [-0.3, -0.25) is 0 Å². The maximum absolute atomic E-state index is 13.7. The molecule has 2 aromatic carbocycles. The van der Waals surface area contributed by atoms with Gasteiger partial charge in [0.05, 0.1) is 6.04 Å². The Morgan fingerprint density at radius 3 is 2.20 bits per heavy atom. The van der Waals surface area contributed by atoms with Gasteiger partial charge in [-0.1, -0.05) is 43.7 Å². The molecule has 106 valence electrons. The second kappa shape index (κ2) is 6.09. The van der Waals surface area contributed by atoms with E-state index in [1.807, 2.05) is 12.1 Å². The van der Waals surface area contributed by atoms with Crippen LogP contribution in [-0.2, 0) is 6.42 Å². The summed E-state index contributed by atoms with van der Waals surface area (Å²) in [5, 5.41) is 0. The van der Waals surface area contributed by atoms with Crippen LogP contribution in [0.2, 0.25) is 0 Å². The molecule has 0 saturated carbocycles. The number of benzene rings is 2. The van der Waals surface area contributed by atoms with E-state index in [0.717, 1.165) is 24.5 Å². The van der Waals surface area contributed by atoms with Crippen molar-refractivity contribution in [1.82, 2.24) is 0 Å². The number of hydrogen-bond donors (Lipinski definition) is 1. The summed E-state index contributed by atoms with van der Waals surface area (Å²) in [7, 11) is 0. The molecule has 20 heavy (non-hydrogen) atoms. The topological polar surface area (TPSA) is 26.0 Å². The maximum Gasteiger partial charge on any atom is 0.194 e.